The normalized spacial score (nSPS) is 17.9. The second kappa shape index (κ2) is 8.96. The van der Waals surface area contributed by atoms with Crippen LogP contribution in [0.4, 0.5) is 26.9 Å². The third-order valence-corrected chi connectivity index (χ3v) is 6.39. The molecular weight excluding hydrogens is 460 g/mol. The molecule has 2 aliphatic heterocycles. The lowest BCUT2D eigenvalue weighted by atomic mass is 10.1. The Morgan fingerprint density at radius 2 is 1.94 bits per heavy atom. The average molecular weight is 493 g/mol. The Labute approximate surface area is 210 Å². The van der Waals surface area contributed by atoms with Crippen LogP contribution in [0.25, 0.3) is 5.65 Å². The van der Waals surface area contributed by atoms with E-state index in [4.69, 9.17) is 4.74 Å². The third kappa shape index (κ3) is 4.65. The van der Waals surface area contributed by atoms with Crippen molar-refractivity contribution in [3.8, 4) is 0 Å². The molecule has 3 aromatic heterocycles. The summed E-state index contributed by atoms with van der Waals surface area (Å²) < 4.78 is 7.41. The minimum Gasteiger partial charge on any atom is -0.444 e. The summed E-state index contributed by atoms with van der Waals surface area (Å²) in [5.41, 5.74) is 3.18. The molecule has 190 valence electrons. The number of imidazole rings is 1. The van der Waals surface area contributed by atoms with Crippen LogP contribution in [0.15, 0.2) is 30.9 Å². The number of nitrogens with zero attached hydrogens (tertiary/aromatic N) is 7. The molecule has 3 aromatic rings. The monoisotopic (exact) mass is 492 g/mol. The van der Waals surface area contributed by atoms with E-state index in [9.17, 15) is 9.59 Å². The van der Waals surface area contributed by atoms with E-state index in [1.807, 2.05) is 51.3 Å². The van der Waals surface area contributed by atoms with Gasteiger partial charge in [-0.05, 0) is 47.1 Å². The highest BCUT2D eigenvalue weighted by atomic mass is 16.6. The lowest BCUT2D eigenvalue weighted by Crippen LogP contribution is -2.55. The summed E-state index contributed by atoms with van der Waals surface area (Å²) in [6.45, 7) is 12.0. The summed E-state index contributed by atoms with van der Waals surface area (Å²) >= 11 is 0. The molecule has 1 N–H and O–H groups in total. The number of anilines is 3. The van der Waals surface area contributed by atoms with Crippen molar-refractivity contribution >= 4 is 35.1 Å². The first-order chi connectivity index (χ1) is 17.1. The number of ether oxygens (including phenoxy) is 1. The number of urea groups is 1. The van der Waals surface area contributed by atoms with Gasteiger partial charge in [0.05, 0.1) is 18.1 Å². The zero-order chi connectivity index (χ0) is 25.6. The van der Waals surface area contributed by atoms with Crippen molar-refractivity contribution in [1.29, 1.82) is 0 Å². The molecule has 0 aromatic carbocycles. The minimum atomic E-state index is -0.525. The molecule has 11 nitrogen and oxygen atoms in total. The highest BCUT2D eigenvalue weighted by molar-refractivity contribution is 6.02. The minimum absolute atomic E-state index is 0.00831. The number of amides is 3. The van der Waals surface area contributed by atoms with Crippen LogP contribution >= 0.6 is 0 Å². The van der Waals surface area contributed by atoms with Gasteiger partial charge in [-0.15, -0.1) is 0 Å². The zero-order valence-corrected chi connectivity index (χ0v) is 21.4. The van der Waals surface area contributed by atoms with Crippen molar-refractivity contribution in [3.05, 3.63) is 42.1 Å². The van der Waals surface area contributed by atoms with E-state index in [0.29, 0.717) is 44.2 Å². The van der Waals surface area contributed by atoms with Crippen LogP contribution < -0.4 is 15.1 Å². The highest BCUT2D eigenvalue weighted by Crippen LogP contribution is 2.35. The SMILES string of the molecule is Cc1cn2cc(NC(=O)N3CCc4c(N5CCN(C(=O)OC(C)(C)C)[C@H](C)C5)ccnc43)ncc2n1. The Kier molecular flexibility index (Phi) is 5.93. The summed E-state index contributed by atoms with van der Waals surface area (Å²) in [5, 5.41) is 2.88. The van der Waals surface area contributed by atoms with Gasteiger partial charge in [0, 0.05) is 55.9 Å². The van der Waals surface area contributed by atoms with Crippen molar-refractivity contribution in [2.75, 3.05) is 41.3 Å². The number of carbonyl (C=O) groups is 2. The van der Waals surface area contributed by atoms with E-state index < -0.39 is 5.60 Å². The predicted molar refractivity (Wildman–Crippen MR) is 137 cm³/mol. The Hall–Kier alpha value is -3.89. The summed E-state index contributed by atoms with van der Waals surface area (Å²) in [5.74, 6) is 1.10. The Morgan fingerprint density at radius 1 is 1.14 bits per heavy atom. The predicted octanol–water partition coefficient (Wildman–Crippen LogP) is 3.47. The first-order valence-corrected chi connectivity index (χ1v) is 12.2. The zero-order valence-electron chi connectivity index (χ0n) is 21.4. The van der Waals surface area contributed by atoms with Crippen LogP contribution in [0.2, 0.25) is 0 Å². The van der Waals surface area contributed by atoms with Gasteiger partial charge < -0.3 is 18.9 Å². The van der Waals surface area contributed by atoms with Gasteiger partial charge in [0.15, 0.2) is 11.5 Å². The maximum atomic E-state index is 13.1. The molecule has 1 fully saturated rings. The van der Waals surface area contributed by atoms with Crippen molar-refractivity contribution in [1.82, 2.24) is 24.3 Å². The van der Waals surface area contributed by atoms with Gasteiger partial charge in [-0.25, -0.2) is 24.5 Å². The van der Waals surface area contributed by atoms with Crippen LogP contribution in [0.5, 0.6) is 0 Å². The molecule has 36 heavy (non-hydrogen) atoms. The lowest BCUT2D eigenvalue weighted by Gasteiger charge is -2.41. The van der Waals surface area contributed by atoms with Gasteiger partial charge in [-0.1, -0.05) is 0 Å². The summed E-state index contributed by atoms with van der Waals surface area (Å²) in [6.07, 6.45) is 7.43. The molecule has 0 spiro atoms. The van der Waals surface area contributed by atoms with Gasteiger partial charge in [-0.2, -0.15) is 0 Å². The van der Waals surface area contributed by atoms with Crippen LogP contribution in [0, 0.1) is 6.92 Å². The first kappa shape index (κ1) is 23.8. The molecule has 1 atom stereocenters. The number of hydrogen-bond donors (Lipinski definition) is 1. The second-order valence-corrected chi connectivity index (χ2v) is 10.4. The highest BCUT2D eigenvalue weighted by Gasteiger charge is 2.34. The number of fused-ring (bicyclic) bond motifs is 2. The van der Waals surface area contributed by atoms with Crippen LogP contribution in [-0.4, -0.2) is 74.2 Å². The van der Waals surface area contributed by atoms with Gasteiger partial charge in [-0.3, -0.25) is 10.2 Å². The number of piperazine rings is 1. The fraction of sp³-hybridized carbons (Fsp3) is 0.480. The standard InChI is InChI=1S/C25H32N8O3/c1-16-13-31-15-20(27-12-21(31)28-16)29-23(34)33-9-7-18-19(6-8-26-22(18)33)30-10-11-32(17(2)14-30)24(35)36-25(3,4)5/h6,8,12-13,15,17H,7,9-11,14H2,1-5H3,(H,29,34)/t17-/m1/s1. The maximum absolute atomic E-state index is 13.1. The fourth-order valence-electron chi connectivity index (χ4n) is 4.80. The average Bonchev–Trinajstić information content (AvgIpc) is 3.40. The number of carbonyl (C=O) groups excluding carboxylic acids is 2. The number of aryl methyl sites for hydroxylation is 1. The molecule has 5 rings (SSSR count). The lowest BCUT2D eigenvalue weighted by molar-refractivity contribution is 0.0159. The van der Waals surface area contributed by atoms with Crippen molar-refractivity contribution in [2.45, 2.75) is 52.7 Å². The molecule has 0 radical (unpaired) electrons. The number of hydrogen-bond acceptors (Lipinski definition) is 7. The topological polar surface area (TPSA) is 108 Å². The fourth-order valence-corrected chi connectivity index (χ4v) is 4.80. The molecule has 5 heterocycles. The molecular formula is C25H32N8O3. The smallest absolute Gasteiger partial charge is 0.410 e. The molecule has 0 bridgehead atoms. The largest absolute Gasteiger partial charge is 0.444 e. The van der Waals surface area contributed by atoms with Gasteiger partial charge in [0.1, 0.15) is 11.4 Å². The molecule has 0 saturated carbocycles. The van der Waals surface area contributed by atoms with Crippen molar-refractivity contribution < 1.29 is 14.3 Å². The van der Waals surface area contributed by atoms with Crippen LogP contribution in [0.3, 0.4) is 0 Å². The van der Waals surface area contributed by atoms with E-state index >= 15 is 0 Å². The number of pyridine rings is 1. The summed E-state index contributed by atoms with van der Waals surface area (Å²) in [4.78, 5) is 44.7. The second-order valence-electron chi connectivity index (χ2n) is 10.4. The molecule has 2 aliphatic rings. The van der Waals surface area contributed by atoms with Gasteiger partial charge in [0.2, 0.25) is 0 Å². The Balaban J connectivity index is 1.29. The van der Waals surface area contributed by atoms with E-state index in [2.05, 4.69) is 25.2 Å². The summed E-state index contributed by atoms with van der Waals surface area (Å²) in [7, 11) is 0. The van der Waals surface area contributed by atoms with Crippen LogP contribution in [0.1, 0.15) is 39.0 Å². The van der Waals surface area contributed by atoms with E-state index in [1.165, 1.54) is 0 Å². The van der Waals surface area contributed by atoms with Gasteiger partial charge in [0.25, 0.3) is 0 Å². The molecule has 1 saturated heterocycles. The maximum Gasteiger partial charge on any atom is 0.410 e. The summed E-state index contributed by atoms with van der Waals surface area (Å²) in [6, 6.07) is 1.71. The molecule has 11 heteroatoms. The molecule has 0 unspecified atom stereocenters. The molecule has 3 amide bonds. The van der Waals surface area contributed by atoms with Crippen molar-refractivity contribution in [3.63, 3.8) is 0 Å². The quantitative estimate of drug-likeness (QED) is 0.583. The van der Waals surface area contributed by atoms with E-state index in [-0.39, 0.29) is 18.2 Å². The van der Waals surface area contributed by atoms with Gasteiger partial charge >= 0.3 is 12.1 Å². The molecule has 0 aliphatic carbocycles. The van der Waals surface area contributed by atoms with Crippen molar-refractivity contribution in [2.24, 2.45) is 0 Å². The van der Waals surface area contributed by atoms with E-state index in [0.717, 1.165) is 22.6 Å². The van der Waals surface area contributed by atoms with Crippen LogP contribution in [-0.2, 0) is 11.2 Å². The van der Waals surface area contributed by atoms with E-state index in [1.54, 1.807) is 28.4 Å². The number of rotatable bonds is 2. The number of nitrogens with one attached hydrogen (secondary N) is 1. The Morgan fingerprint density at radius 3 is 2.69 bits per heavy atom. The first-order valence-electron chi connectivity index (χ1n) is 12.2. The number of aromatic nitrogens is 4. The Bertz CT molecular complexity index is 1310. The third-order valence-electron chi connectivity index (χ3n) is 6.39.